The predicted molar refractivity (Wildman–Crippen MR) is 142 cm³/mol. The lowest BCUT2D eigenvalue weighted by atomic mass is 9.90. The maximum Gasteiger partial charge on any atom is 0.271 e. The molecule has 11 heteroatoms. The number of anilines is 2. The first-order valence-corrected chi connectivity index (χ1v) is 12.9. The first-order chi connectivity index (χ1) is 18.2. The Labute approximate surface area is 226 Å². The van der Waals surface area contributed by atoms with E-state index in [0.29, 0.717) is 21.4 Å². The average molecular weight is 582 g/mol. The Balaban J connectivity index is 1.62. The summed E-state index contributed by atoms with van der Waals surface area (Å²) in [6.45, 7) is 4.06. The number of ether oxygens (including phenoxy) is 1. The Hall–Kier alpha value is -3.96. The van der Waals surface area contributed by atoms with Gasteiger partial charge in [0.1, 0.15) is 5.92 Å². The zero-order valence-corrected chi connectivity index (χ0v) is 22.1. The van der Waals surface area contributed by atoms with Gasteiger partial charge < -0.3 is 9.84 Å². The fourth-order valence-electron chi connectivity index (χ4n) is 4.89. The molecule has 0 aromatic heterocycles. The summed E-state index contributed by atoms with van der Waals surface area (Å²) in [6.07, 6.45) is -0.338. The molecule has 2 amide bonds. The molecule has 0 unspecified atom stereocenters. The van der Waals surface area contributed by atoms with Crippen molar-refractivity contribution in [1.82, 2.24) is 0 Å². The second-order valence-electron chi connectivity index (χ2n) is 8.91. The van der Waals surface area contributed by atoms with E-state index >= 15 is 0 Å². The topological polar surface area (TPSA) is 122 Å². The molecule has 0 bridgehead atoms. The third-order valence-electron chi connectivity index (χ3n) is 6.71. The fourth-order valence-corrected chi connectivity index (χ4v) is 5.35. The van der Waals surface area contributed by atoms with Gasteiger partial charge in [0.05, 0.1) is 33.4 Å². The standard InChI is InChI=1S/C27H24BrN3O7/c1-3-15-8-10-17(11-9-15)29-26(33)22-23(16-12-20(28)24(32)21(13-16)37-4-2)30(38-25(22)27(29)34)18-6-5-7-19(14-18)31(35)36/h5-14,22-23,25,32H,3-4H2,1-2H3/t22-,23-,25-/m1/s1. The minimum Gasteiger partial charge on any atom is -0.503 e. The molecule has 0 spiro atoms. The monoisotopic (exact) mass is 581 g/mol. The van der Waals surface area contributed by atoms with Crippen molar-refractivity contribution in [2.24, 2.45) is 5.92 Å². The van der Waals surface area contributed by atoms with Gasteiger partial charge in [0.15, 0.2) is 17.6 Å². The smallest absolute Gasteiger partial charge is 0.271 e. The molecule has 0 aliphatic carbocycles. The molecule has 3 atom stereocenters. The molecule has 38 heavy (non-hydrogen) atoms. The van der Waals surface area contributed by atoms with Crippen LogP contribution in [0.3, 0.4) is 0 Å². The van der Waals surface area contributed by atoms with Crippen LogP contribution in [-0.2, 0) is 20.8 Å². The number of non-ortho nitro benzene ring substituents is 1. The number of nitro benzene ring substituents is 1. The highest BCUT2D eigenvalue weighted by atomic mass is 79.9. The van der Waals surface area contributed by atoms with Crippen molar-refractivity contribution in [1.29, 1.82) is 0 Å². The second kappa shape index (κ2) is 10.1. The molecule has 1 N–H and O–H groups in total. The number of carbonyl (C=O) groups excluding carboxylic acids is 2. The maximum atomic E-state index is 13.8. The summed E-state index contributed by atoms with van der Waals surface area (Å²) in [5.41, 5.74) is 2.16. The number of halogens is 1. The second-order valence-corrected chi connectivity index (χ2v) is 9.77. The Kier molecular flexibility index (Phi) is 6.80. The van der Waals surface area contributed by atoms with Crippen LogP contribution in [-0.4, -0.2) is 34.6 Å². The number of aryl methyl sites for hydroxylation is 1. The summed E-state index contributed by atoms with van der Waals surface area (Å²) in [7, 11) is 0. The number of benzene rings is 3. The number of imide groups is 1. The van der Waals surface area contributed by atoms with Crippen LogP contribution in [0.25, 0.3) is 0 Å². The van der Waals surface area contributed by atoms with Crippen LogP contribution in [0.1, 0.15) is 31.0 Å². The highest BCUT2D eigenvalue weighted by molar-refractivity contribution is 9.10. The highest BCUT2D eigenvalue weighted by Crippen LogP contribution is 2.50. The number of phenolic OH excluding ortho intramolecular Hbond substituents is 1. The Morgan fingerprint density at radius 2 is 1.79 bits per heavy atom. The van der Waals surface area contributed by atoms with Gasteiger partial charge in [-0.15, -0.1) is 0 Å². The van der Waals surface area contributed by atoms with E-state index in [1.807, 2.05) is 19.1 Å². The molecule has 196 valence electrons. The van der Waals surface area contributed by atoms with Gasteiger partial charge in [0.25, 0.3) is 11.6 Å². The van der Waals surface area contributed by atoms with E-state index in [1.54, 1.807) is 37.3 Å². The third-order valence-corrected chi connectivity index (χ3v) is 7.31. The molecule has 2 aliphatic heterocycles. The highest BCUT2D eigenvalue weighted by Gasteiger charge is 2.60. The summed E-state index contributed by atoms with van der Waals surface area (Å²) in [6, 6.07) is 15.3. The number of nitro groups is 1. The number of carbonyl (C=O) groups is 2. The third kappa shape index (κ3) is 4.27. The minimum atomic E-state index is -1.15. The van der Waals surface area contributed by atoms with Gasteiger partial charge in [0, 0.05) is 12.1 Å². The van der Waals surface area contributed by atoms with E-state index in [0.717, 1.165) is 16.9 Å². The summed E-state index contributed by atoms with van der Waals surface area (Å²) in [5.74, 6) is -1.87. The first-order valence-electron chi connectivity index (χ1n) is 12.1. The van der Waals surface area contributed by atoms with E-state index < -0.39 is 34.8 Å². The zero-order chi connectivity index (χ0) is 27.1. The van der Waals surface area contributed by atoms with Crippen molar-refractivity contribution < 1.29 is 29.2 Å². The van der Waals surface area contributed by atoms with Gasteiger partial charge in [0.2, 0.25) is 5.91 Å². The number of rotatable bonds is 7. The van der Waals surface area contributed by atoms with Crippen molar-refractivity contribution in [3.05, 3.63) is 86.4 Å². The van der Waals surface area contributed by atoms with Crippen LogP contribution >= 0.6 is 15.9 Å². The largest absolute Gasteiger partial charge is 0.503 e. The maximum absolute atomic E-state index is 13.8. The number of phenols is 1. The molecular weight excluding hydrogens is 558 g/mol. The van der Waals surface area contributed by atoms with Gasteiger partial charge >= 0.3 is 0 Å². The SMILES string of the molecule is CCOc1cc([C@@H]2[C@H]3C(=O)N(c4ccc(CC)cc4)C(=O)[C@@H]3ON2c2cccc([N+](=O)[O-])c2)cc(Br)c1O. The summed E-state index contributed by atoms with van der Waals surface area (Å²) < 4.78 is 5.91. The molecular formula is C27H24BrN3O7. The Bertz CT molecular complexity index is 1430. The van der Waals surface area contributed by atoms with Crippen molar-refractivity contribution in [3.8, 4) is 11.5 Å². The molecule has 3 aromatic carbocycles. The van der Waals surface area contributed by atoms with Crippen LogP contribution < -0.4 is 14.7 Å². The molecule has 0 saturated carbocycles. The van der Waals surface area contributed by atoms with E-state index in [-0.39, 0.29) is 23.8 Å². The van der Waals surface area contributed by atoms with Crippen LogP contribution in [0.5, 0.6) is 11.5 Å². The fraction of sp³-hybridized carbons (Fsp3) is 0.259. The van der Waals surface area contributed by atoms with Crippen molar-refractivity contribution in [2.75, 3.05) is 16.6 Å². The lowest BCUT2D eigenvalue weighted by Crippen LogP contribution is -2.37. The molecule has 3 aromatic rings. The number of fused-ring (bicyclic) bond motifs is 1. The zero-order valence-electron chi connectivity index (χ0n) is 20.5. The number of hydroxylamine groups is 1. The summed E-state index contributed by atoms with van der Waals surface area (Å²) in [4.78, 5) is 45.5. The molecule has 0 radical (unpaired) electrons. The van der Waals surface area contributed by atoms with E-state index in [4.69, 9.17) is 9.57 Å². The van der Waals surface area contributed by atoms with Crippen LogP contribution in [0.15, 0.2) is 65.1 Å². The molecule has 2 heterocycles. The van der Waals surface area contributed by atoms with Crippen molar-refractivity contribution in [2.45, 2.75) is 32.4 Å². The molecule has 10 nitrogen and oxygen atoms in total. The van der Waals surface area contributed by atoms with Crippen LogP contribution in [0, 0.1) is 16.0 Å². The number of aromatic hydroxyl groups is 1. The van der Waals surface area contributed by atoms with Crippen molar-refractivity contribution >= 4 is 44.8 Å². The Morgan fingerprint density at radius 3 is 2.45 bits per heavy atom. The predicted octanol–water partition coefficient (Wildman–Crippen LogP) is 5.08. The van der Waals surface area contributed by atoms with Crippen LogP contribution in [0.4, 0.5) is 17.1 Å². The van der Waals surface area contributed by atoms with E-state index in [9.17, 15) is 24.8 Å². The number of hydrogen-bond acceptors (Lipinski definition) is 8. The van der Waals surface area contributed by atoms with E-state index in [1.165, 1.54) is 23.3 Å². The van der Waals surface area contributed by atoms with Gasteiger partial charge in [-0.25, -0.2) is 9.96 Å². The number of amides is 2. The lowest BCUT2D eigenvalue weighted by molar-refractivity contribution is -0.384. The Morgan fingerprint density at radius 1 is 1.05 bits per heavy atom. The van der Waals surface area contributed by atoms with Crippen molar-refractivity contribution in [3.63, 3.8) is 0 Å². The molecule has 2 saturated heterocycles. The minimum absolute atomic E-state index is 0.112. The first kappa shape index (κ1) is 25.7. The molecule has 5 rings (SSSR count). The number of nitrogens with zero attached hydrogens (tertiary/aromatic N) is 3. The molecule has 2 fully saturated rings. The normalized spacial score (nSPS) is 20.7. The number of hydrogen-bond donors (Lipinski definition) is 1. The average Bonchev–Trinajstić information content (AvgIpc) is 3.42. The van der Waals surface area contributed by atoms with E-state index in [2.05, 4.69) is 15.9 Å². The van der Waals surface area contributed by atoms with Gasteiger partial charge in [-0.05, 0) is 70.7 Å². The summed E-state index contributed by atoms with van der Waals surface area (Å²) >= 11 is 3.34. The van der Waals surface area contributed by atoms with Crippen LogP contribution in [0.2, 0.25) is 0 Å². The lowest BCUT2D eigenvalue weighted by Gasteiger charge is -2.29. The quantitative estimate of drug-likeness (QED) is 0.233. The molecule has 2 aliphatic rings. The van der Waals surface area contributed by atoms with Gasteiger partial charge in [-0.1, -0.05) is 25.1 Å². The van der Waals surface area contributed by atoms with Gasteiger partial charge in [-0.2, -0.15) is 0 Å². The van der Waals surface area contributed by atoms with Gasteiger partial charge in [-0.3, -0.25) is 24.5 Å². The summed E-state index contributed by atoms with van der Waals surface area (Å²) in [5, 5.41) is 23.3.